The monoisotopic (exact) mass is 307 g/mol. The van der Waals surface area contributed by atoms with Gasteiger partial charge in [0, 0.05) is 0 Å². The SMILES string of the molecule is O=C([O-])c1ccc(C=C2NC(=O)N(c3ccccc3)C2=O)cc1. The normalized spacial score (nSPS) is 15.8. The van der Waals surface area contributed by atoms with Crippen LogP contribution in [0.15, 0.2) is 60.3 Å². The summed E-state index contributed by atoms with van der Waals surface area (Å²) in [7, 11) is 0. The Balaban J connectivity index is 1.88. The van der Waals surface area contributed by atoms with Gasteiger partial charge in [0.05, 0.1) is 11.7 Å². The van der Waals surface area contributed by atoms with Crippen molar-refractivity contribution in [3.8, 4) is 0 Å². The molecule has 6 nitrogen and oxygen atoms in total. The third-order valence-corrected chi connectivity index (χ3v) is 3.35. The van der Waals surface area contributed by atoms with E-state index in [0.29, 0.717) is 11.3 Å². The summed E-state index contributed by atoms with van der Waals surface area (Å²) in [5, 5.41) is 13.2. The van der Waals surface area contributed by atoms with Crippen LogP contribution in [0.4, 0.5) is 10.5 Å². The van der Waals surface area contributed by atoms with Gasteiger partial charge in [-0.25, -0.2) is 9.69 Å². The number of nitrogens with zero attached hydrogens (tertiary/aromatic N) is 1. The van der Waals surface area contributed by atoms with Crippen LogP contribution < -0.4 is 15.3 Å². The molecular formula is C17H11N2O4-. The van der Waals surface area contributed by atoms with Gasteiger partial charge in [-0.1, -0.05) is 42.5 Å². The van der Waals surface area contributed by atoms with E-state index in [4.69, 9.17) is 0 Å². The van der Waals surface area contributed by atoms with Gasteiger partial charge in [-0.2, -0.15) is 0 Å². The maximum atomic E-state index is 12.4. The molecule has 0 bridgehead atoms. The Hall–Kier alpha value is -3.41. The summed E-state index contributed by atoms with van der Waals surface area (Å²) >= 11 is 0. The number of amides is 3. The third-order valence-electron chi connectivity index (χ3n) is 3.35. The lowest BCUT2D eigenvalue weighted by molar-refractivity contribution is -0.255. The molecule has 0 radical (unpaired) electrons. The highest BCUT2D eigenvalue weighted by molar-refractivity contribution is 6.28. The average molecular weight is 307 g/mol. The van der Waals surface area contributed by atoms with Gasteiger partial charge in [-0.15, -0.1) is 0 Å². The van der Waals surface area contributed by atoms with Crippen molar-refractivity contribution in [2.75, 3.05) is 4.90 Å². The summed E-state index contributed by atoms with van der Waals surface area (Å²) in [6, 6.07) is 13.9. The fourth-order valence-electron chi connectivity index (χ4n) is 2.23. The number of aromatic carboxylic acids is 1. The summed E-state index contributed by atoms with van der Waals surface area (Å²) < 4.78 is 0. The zero-order valence-corrected chi connectivity index (χ0v) is 11.9. The fourth-order valence-corrected chi connectivity index (χ4v) is 2.23. The van der Waals surface area contributed by atoms with E-state index >= 15 is 0 Å². The Morgan fingerprint density at radius 3 is 2.26 bits per heavy atom. The number of carbonyl (C=O) groups excluding carboxylic acids is 3. The summed E-state index contributed by atoms with van der Waals surface area (Å²) in [4.78, 5) is 36.1. The van der Waals surface area contributed by atoms with E-state index in [9.17, 15) is 19.5 Å². The molecule has 1 N–H and O–H groups in total. The van der Waals surface area contributed by atoms with Crippen LogP contribution in [0.25, 0.3) is 6.08 Å². The van der Waals surface area contributed by atoms with E-state index in [0.717, 1.165) is 4.90 Å². The highest BCUT2D eigenvalue weighted by Gasteiger charge is 2.34. The number of para-hydroxylation sites is 1. The molecule has 6 heteroatoms. The Morgan fingerprint density at radius 1 is 1.00 bits per heavy atom. The topological polar surface area (TPSA) is 89.5 Å². The second-order valence-corrected chi connectivity index (χ2v) is 4.87. The first-order valence-corrected chi connectivity index (χ1v) is 6.80. The second kappa shape index (κ2) is 5.76. The molecule has 1 heterocycles. The van der Waals surface area contributed by atoms with Crippen molar-refractivity contribution in [3.63, 3.8) is 0 Å². The molecule has 1 fully saturated rings. The number of carboxylic acids is 1. The zero-order valence-electron chi connectivity index (χ0n) is 11.9. The van der Waals surface area contributed by atoms with Crippen LogP contribution in [0, 0.1) is 0 Å². The number of carboxylic acid groups (broad SMARTS) is 1. The van der Waals surface area contributed by atoms with E-state index in [1.165, 1.54) is 30.3 Å². The Bertz CT molecular complexity index is 810. The van der Waals surface area contributed by atoms with E-state index in [-0.39, 0.29) is 11.3 Å². The highest BCUT2D eigenvalue weighted by Crippen LogP contribution is 2.21. The van der Waals surface area contributed by atoms with Crippen molar-refractivity contribution in [1.82, 2.24) is 5.32 Å². The van der Waals surface area contributed by atoms with Gasteiger partial charge in [-0.3, -0.25) is 4.79 Å². The summed E-state index contributed by atoms with van der Waals surface area (Å²) in [5.41, 5.74) is 1.24. The second-order valence-electron chi connectivity index (χ2n) is 4.87. The number of benzene rings is 2. The van der Waals surface area contributed by atoms with Crippen LogP contribution in [-0.2, 0) is 4.79 Å². The van der Waals surface area contributed by atoms with Gasteiger partial charge in [0.15, 0.2) is 0 Å². The van der Waals surface area contributed by atoms with E-state index < -0.39 is 17.9 Å². The van der Waals surface area contributed by atoms with E-state index in [1.54, 1.807) is 30.3 Å². The number of anilines is 1. The predicted octanol–water partition coefficient (Wildman–Crippen LogP) is 1.15. The zero-order chi connectivity index (χ0) is 16.4. The van der Waals surface area contributed by atoms with E-state index in [1.807, 2.05) is 0 Å². The molecular weight excluding hydrogens is 296 g/mol. The fraction of sp³-hybridized carbons (Fsp3) is 0. The quantitative estimate of drug-likeness (QED) is 0.680. The molecule has 0 atom stereocenters. The van der Waals surface area contributed by atoms with Crippen LogP contribution in [-0.4, -0.2) is 17.9 Å². The van der Waals surface area contributed by atoms with Crippen molar-refractivity contribution in [3.05, 3.63) is 71.4 Å². The maximum absolute atomic E-state index is 12.4. The summed E-state index contributed by atoms with van der Waals surface area (Å²) in [6.45, 7) is 0. The van der Waals surface area contributed by atoms with Gasteiger partial charge < -0.3 is 15.2 Å². The smallest absolute Gasteiger partial charge is 0.333 e. The van der Waals surface area contributed by atoms with Gasteiger partial charge in [0.2, 0.25) is 0 Å². The van der Waals surface area contributed by atoms with Crippen molar-refractivity contribution >= 4 is 29.7 Å². The summed E-state index contributed by atoms with van der Waals surface area (Å²) in [5.74, 6) is -1.74. The van der Waals surface area contributed by atoms with Gasteiger partial charge in [0.25, 0.3) is 5.91 Å². The Morgan fingerprint density at radius 2 is 1.65 bits per heavy atom. The molecule has 1 saturated heterocycles. The molecule has 3 amide bonds. The molecule has 23 heavy (non-hydrogen) atoms. The molecule has 114 valence electrons. The predicted molar refractivity (Wildman–Crippen MR) is 81.2 cm³/mol. The number of nitrogens with one attached hydrogen (secondary N) is 1. The first kappa shape index (κ1) is 14.5. The van der Waals surface area contributed by atoms with Crippen molar-refractivity contribution in [2.45, 2.75) is 0 Å². The Kier molecular flexibility index (Phi) is 3.64. The highest BCUT2D eigenvalue weighted by atomic mass is 16.4. The number of imide groups is 1. The van der Waals surface area contributed by atoms with Crippen molar-refractivity contribution < 1.29 is 19.5 Å². The minimum Gasteiger partial charge on any atom is -0.545 e. The first-order chi connectivity index (χ1) is 11.1. The standard InChI is InChI=1S/C17H12N2O4/c20-15-14(10-11-6-8-12(9-7-11)16(21)22)18-17(23)19(15)13-4-2-1-3-5-13/h1-10H,(H,18,23)(H,21,22)/p-1. The van der Waals surface area contributed by atoms with Gasteiger partial charge in [-0.05, 0) is 29.3 Å². The lowest BCUT2D eigenvalue weighted by Crippen LogP contribution is -2.30. The van der Waals surface area contributed by atoms with Crippen molar-refractivity contribution in [1.29, 1.82) is 0 Å². The first-order valence-electron chi connectivity index (χ1n) is 6.80. The van der Waals surface area contributed by atoms with Crippen LogP contribution in [0.1, 0.15) is 15.9 Å². The minimum atomic E-state index is -1.27. The van der Waals surface area contributed by atoms with Crippen LogP contribution in [0.5, 0.6) is 0 Å². The van der Waals surface area contributed by atoms with Crippen LogP contribution >= 0.6 is 0 Å². The molecule has 1 aliphatic heterocycles. The average Bonchev–Trinajstić information content (AvgIpc) is 2.82. The Labute approximate surface area is 131 Å². The molecule has 3 rings (SSSR count). The number of hydrogen-bond acceptors (Lipinski definition) is 4. The number of hydrogen-bond donors (Lipinski definition) is 1. The molecule has 2 aromatic carbocycles. The van der Waals surface area contributed by atoms with Gasteiger partial charge >= 0.3 is 6.03 Å². The van der Waals surface area contributed by atoms with Crippen LogP contribution in [0.2, 0.25) is 0 Å². The summed E-state index contributed by atoms with van der Waals surface area (Å²) in [6.07, 6.45) is 1.49. The number of rotatable bonds is 3. The maximum Gasteiger partial charge on any atom is 0.333 e. The number of carbonyl (C=O) groups is 3. The van der Waals surface area contributed by atoms with Gasteiger partial charge in [0.1, 0.15) is 5.70 Å². The van der Waals surface area contributed by atoms with Crippen molar-refractivity contribution in [2.24, 2.45) is 0 Å². The minimum absolute atomic E-state index is 0.0415. The van der Waals surface area contributed by atoms with E-state index in [2.05, 4.69) is 5.32 Å². The largest absolute Gasteiger partial charge is 0.545 e. The van der Waals surface area contributed by atoms with Crippen LogP contribution in [0.3, 0.4) is 0 Å². The molecule has 1 aliphatic rings. The lowest BCUT2D eigenvalue weighted by Gasteiger charge is -2.10. The molecule has 0 spiro atoms. The number of urea groups is 1. The molecule has 0 saturated carbocycles. The third kappa shape index (κ3) is 2.82. The molecule has 2 aromatic rings. The molecule has 0 aliphatic carbocycles. The molecule has 0 aromatic heterocycles. The lowest BCUT2D eigenvalue weighted by atomic mass is 10.1. The molecule has 0 unspecified atom stereocenters.